The largest absolute Gasteiger partial charge is 0.497 e. The molecular formula is C31H24ClNO6. The molecule has 0 aliphatic carbocycles. The molecule has 8 heteroatoms. The molecule has 0 saturated carbocycles. The number of carboxylic acids is 1. The van der Waals surface area contributed by atoms with Crippen LogP contribution in [0.2, 0.25) is 5.02 Å². The smallest absolute Gasteiger partial charge is 0.353 e. The summed E-state index contributed by atoms with van der Waals surface area (Å²) >= 11 is 6.59. The van der Waals surface area contributed by atoms with Gasteiger partial charge in [-0.25, -0.2) is 4.79 Å². The Labute approximate surface area is 229 Å². The van der Waals surface area contributed by atoms with E-state index < -0.39 is 5.97 Å². The van der Waals surface area contributed by atoms with Crippen LogP contribution < -0.4 is 18.9 Å². The number of halogens is 1. The molecule has 0 saturated heterocycles. The molecule has 196 valence electrons. The van der Waals surface area contributed by atoms with Crippen molar-refractivity contribution in [3.63, 3.8) is 0 Å². The maximum absolute atomic E-state index is 12.8. The lowest BCUT2D eigenvalue weighted by atomic mass is 10.0. The summed E-state index contributed by atoms with van der Waals surface area (Å²) in [4.78, 5) is 12.8. The Balaban J connectivity index is 1.46. The summed E-state index contributed by atoms with van der Waals surface area (Å²) in [6, 6.07) is 26.3. The van der Waals surface area contributed by atoms with Crippen molar-refractivity contribution in [2.75, 3.05) is 13.9 Å². The maximum Gasteiger partial charge on any atom is 0.353 e. The van der Waals surface area contributed by atoms with E-state index in [-0.39, 0.29) is 19.0 Å². The molecule has 0 amide bonds. The molecule has 6 rings (SSSR count). The normalized spacial score (nSPS) is 12.1. The molecule has 1 aliphatic rings. The zero-order valence-corrected chi connectivity index (χ0v) is 21.8. The number of carboxylic acid groups (broad SMARTS) is 1. The second-order valence-electron chi connectivity index (χ2n) is 9.10. The van der Waals surface area contributed by atoms with Gasteiger partial charge in [0.1, 0.15) is 23.8 Å². The highest BCUT2D eigenvalue weighted by Gasteiger charge is 2.25. The SMILES string of the molecule is COc1cccc(COc2ccc3c(c2)c(-c2ccccc2)c(C(=O)O)n3Cc2cc3c(cc2Cl)OCO3)c1. The van der Waals surface area contributed by atoms with Gasteiger partial charge in [0.15, 0.2) is 11.5 Å². The van der Waals surface area contributed by atoms with Crippen LogP contribution in [0.1, 0.15) is 21.6 Å². The van der Waals surface area contributed by atoms with Crippen molar-refractivity contribution in [1.29, 1.82) is 0 Å². The Kier molecular flexibility index (Phi) is 6.50. The number of fused-ring (bicyclic) bond motifs is 2. The molecule has 5 aromatic rings. The van der Waals surface area contributed by atoms with Gasteiger partial charge in [0, 0.05) is 27.6 Å². The lowest BCUT2D eigenvalue weighted by Gasteiger charge is -2.12. The first-order valence-corrected chi connectivity index (χ1v) is 12.7. The van der Waals surface area contributed by atoms with E-state index >= 15 is 0 Å². The molecule has 39 heavy (non-hydrogen) atoms. The van der Waals surface area contributed by atoms with E-state index in [0.717, 1.165) is 33.3 Å². The molecule has 0 fully saturated rings. The van der Waals surface area contributed by atoms with Gasteiger partial charge in [0.05, 0.1) is 13.7 Å². The molecule has 0 radical (unpaired) electrons. The second kappa shape index (κ2) is 10.3. The Bertz CT molecular complexity index is 1700. The van der Waals surface area contributed by atoms with Gasteiger partial charge in [-0.05, 0) is 53.1 Å². The van der Waals surface area contributed by atoms with Crippen molar-refractivity contribution >= 4 is 28.5 Å². The summed E-state index contributed by atoms with van der Waals surface area (Å²) in [5, 5.41) is 11.7. The highest BCUT2D eigenvalue weighted by molar-refractivity contribution is 6.31. The van der Waals surface area contributed by atoms with Crippen molar-refractivity contribution in [3.05, 3.63) is 107 Å². The highest BCUT2D eigenvalue weighted by Crippen LogP contribution is 2.40. The minimum absolute atomic E-state index is 0.124. The van der Waals surface area contributed by atoms with E-state index in [1.54, 1.807) is 23.8 Å². The fraction of sp³-hybridized carbons (Fsp3) is 0.129. The van der Waals surface area contributed by atoms with E-state index in [0.29, 0.717) is 34.4 Å². The number of hydrogen-bond donors (Lipinski definition) is 1. The molecule has 1 aromatic heterocycles. The number of aromatic nitrogens is 1. The lowest BCUT2D eigenvalue weighted by Crippen LogP contribution is -2.11. The molecule has 1 N–H and O–H groups in total. The predicted octanol–water partition coefficient (Wildman–Crippen LogP) is 7.02. The van der Waals surface area contributed by atoms with Crippen LogP contribution in [0.25, 0.3) is 22.0 Å². The van der Waals surface area contributed by atoms with Crippen molar-refractivity contribution in [3.8, 4) is 34.1 Å². The van der Waals surface area contributed by atoms with E-state index in [2.05, 4.69) is 0 Å². The quantitative estimate of drug-likeness (QED) is 0.227. The van der Waals surface area contributed by atoms with Gasteiger partial charge in [0.2, 0.25) is 6.79 Å². The fourth-order valence-corrected chi connectivity index (χ4v) is 5.10. The zero-order valence-electron chi connectivity index (χ0n) is 21.0. The summed E-state index contributed by atoms with van der Waals surface area (Å²) in [5.74, 6) is 1.49. The Hall–Kier alpha value is -4.62. The number of rotatable bonds is 8. The summed E-state index contributed by atoms with van der Waals surface area (Å²) in [7, 11) is 1.63. The van der Waals surface area contributed by atoms with Gasteiger partial charge in [0.25, 0.3) is 0 Å². The number of methoxy groups -OCH3 is 1. The number of carbonyl (C=O) groups is 1. The first kappa shape index (κ1) is 24.7. The average molecular weight is 542 g/mol. The summed E-state index contributed by atoms with van der Waals surface area (Å²) in [6.07, 6.45) is 0. The van der Waals surface area contributed by atoms with Crippen molar-refractivity contribution in [1.82, 2.24) is 4.57 Å². The van der Waals surface area contributed by atoms with Gasteiger partial charge >= 0.3 is 5.97 Å². The maximum atomic E-state index is 12.8. The topological polar surface area (TPSA) is 79.2 Å². The number of nitrogens with zero attached hydrogens (tertiary/aromatic N) is 1. The third-order valence-corrected chi connectivity index (χ3v) is 7.06. The predicted molar refractivity (Wildman–Crippen MR) is 148 cm³/mol. The first-order valence-electron chi connectivity index (χ1n) is 12.3. The minimum atomic E-state index is -1.04. The molecule has 0 atom stereocenters. The number of hydrogen-bond acceptors (Lipinski definition) is 5. The molecule has 7 nitrogen and oxygen atoms in total. The second-order valence-corrected chi connectivity index (χ2v) is 9.50. The molecular weight excluding hydrogens is 518 g/mol. The Morgan fingerprint density at radius 3 is 2.51 bits per heavy atom. The molecule has 4 aromatic carbocycles. The zero-order chi connectivity index (χ0) is 26.9. The van der Waals surface area contributed by atoms with Gasteiger partial charge in [-0.3, -0.25) is 0 Å². The average Bonchev–Trinajstić information content (AvgIpc) is 3.54. The monoisotopic (exact) mass is 541 g/mol. The molecule has 0 bridgehead atoms. The van der Waals surface area contributed by atoms with Gasteiger partial charge < -0.3 is 28.6 Å². The van der Waals surface area contributed by atoms with Crippen LogP contribution in [0.3, 0.4) is 0 Å². The van der Waals surface area contributed by atoms with Crippen molar-refractivity contribution in [2.45, 2.75) is 13.2 Å². The minimum Gasteiger partial charge on any atom is -0.497 e. The van der Waals surface area contributed by atoms with E-state index in [1.165, 1.54) is 0 Å². The number of ether oxygens (including phenoxy) is 4. The summed E-state index contributed by atoms with van der Waals surface area (Å²) in [5.41, 5.74) is 3.99. The Morgan fingerprint density at radius 1 is 0.949 bits per heavy atom. The Morgan fingerprint density at radius 2 is 1.74 bits per heavy atom. The molecule has 2 heterocycles. The van der Waals surface area contributed by atoms with Crippen LogP contribution in [0.5, 0.6) is 23.0 Å². The third kappa shape index (κ3) is 4.73. The van der Waals surface area contributed by atoms with Crippen LogP contribution in [-0.4, -0.2) is 29.5 Å². The summed E-state index contributed by atoms with van der Waals surface area (Å²) in [6.45, 7) is 0.686. The van der Waals surface area contributed by atoms with Crippen molar-refractivity contribution in [2.24, 2.45) is 0 Å². The van der Waals surface area contributed by atoms with E-state index in [9.17, 15) is 9.90 Å². The molecule has 0 unspecified atom stereocenters. The van der Waals surface area contributed by atoms with Crippen molar-refractivity contribution < 1.29 is 28.8 Å². The summed E-state index contributed by atoms with van der Waals surface area (Å²) < 4.78 is 24.2. The van der Waals surface area contributed by atoms with Crippen LogP contribution in [-0.2, 0) is 13.2 Å². The van der Waals surface area contributed by atoms with Crippen LogP contribution in [0.4, 0.5) is 0 Å². The number of benzene rings is 4. The lowest BCUT2D eigenvalue weighted by molar-refractivity contribution is 0.0687. The fourth-order valence-electron chi connectivity index (χ4n) is 4.89. The van der Waals surface area contributed by atoms with Gasteiger partial charge in [-0.2, -0.15) is 0 Å². The molecule has 0 spiro atoms. The van der Waals surface area contributed by atoms with Crippen LogP contribution in [0.15, 0.2) is 84.9 Å². The van der Waals surface area contributed by atoms with Gasteiger partial charge in [-0.15, -0.1) is 0 Å². The number of aromatic carboxylic acids is 1. The third-order valence-electron chi connectivity index (χ3n) is 6.71. The van der Waals surface area contributed by atoms with E-state index in [4.69, 9.17) is 30.5 Å². The standard InChI is InChI=1S/C31H24ClNO6/c1-36-22-9-5-6-19(12-22)17-37-23-10-11-26-24(14-23)29(20-7-3-2-4-8-20)30(31(34)35)33(26)16-21-13-27-28(15-25(21)32)39-18-38-27/h2-15H,16-18H2,1H3,(H,34,35). The van der Waals surface area contributed by atoms with E-state index in [1.807, 2.05) is 72.8 Å². The highest BCUT2D eigenvalue weighted by atomic mass is 35.5. The molecule has 1 aliphatic heterocycles. The van der Waals surface area contributed by atoms with Crippen LogP contribution >= 0.6 is 11.6 Å². The van der Waals surface area contributed by atoms with Gasteiger partial charge in [-0.1, -0.05) is 54.1 Å². The van der Waals surface area contributed by atoms with Crippen LogP contribution in [0, 0.1) is 0 Å². The first-order chi connectivity index (χ1) is 19.0.